The number of carbonyl (C=O) groups excluding carboxylic acids is 2. The molecular formula is C18H15N3O2. The van der Waals surface area contributed by atoms with E-state index in [1.165, 1.54) is 0 Å². The predicted molar refractivity (Wildman–Crippen MR) is 89.1 cm³/mol. The molecule has 0 bridgehead atoms. The molecule has 0 saturated heterocycles. The monoisotopic (exact) mass is 305 g/mol. The molecule has 0 saturated carbocycles. The number of aromatic nitrogens is 1. The number of para-hydroxylation sites is 1. The fourth-order valence-electron chi connectivity index (χ4n) is 2.25. The number of anilines is 1. The minimum Gasteiger partial charge on any atom is -0.343 e. The van der Waals surface area contributed by atoms with Crippen molar-refractivity contribution in [2.24, 2.45) is 0 Å². The second kappa shape index (κ2) is 6.70. The maximum absolute atomic E-state index is 12.0. The average molecular weight is 305 g/mol. The second-order valence-corrected chi connectivity index (χ2v) is 4.98. The summed E-state index contributed by atoms with van der Waals surface area (Å²) in [6.45, 7) is -0.100. The van der Waals surface area contributed by atoms with E-state index in [1.54, 1.807) is 36.5 Å². The summed E-state index contributed by atoms with van der Waals surface area (Å²) in [5.74, 6) is -0.579. The van der Waals surface area contributed by atoms with Crippen LogP contribution in [0.25, 0.3) is 10.9 Å². The van der Waals surface area contributed by atoms with E-state index in [0.717, 1.165) is 10.9 Å². The van der Waals surface area contributed by atoms with E-state index >= 15 is 0 Å². The van der Waals surface area contributed by atoms with Gasteiger partial charge in [-0.05, 0) is 24.3 Å². The number of carbonyl (C=O) groups is 2. The van der Waals surface area contributed by atoms with Gasteiger partial charge in [-0.25, -0.2) is 0 Å². The molecule has 2 aromatic carbocycles. The summed E-state index contributed by atoms with van der Waals surface area (Å²) in [5, 5.41) is 6.31. The molecular weight excluding hydrogens is 290 g/mol. The maximum atomic E-state index is 12.0. The van der Waals surface area contributed by atoms with Gasteiger partial charge in [-0.1, -0.05) is 36.4 Å². The Bertz CT molecular complexity index is 842. The van der Waals surface area contributed by atoms with Gasteiger partial charge in [0.2, 0.25) is 5.91 Å². The number of fused-ring (bicyclic) bond motifs is 1. The first-order valence-corrected chi connectivity index (χ1v) is 7.21. The number of amides is 2. The number of benzene rings is 2. The van der Waals surface area contributed by atoms with Gasteiger partial charge in [-0.3, -0.25) is 14.6 Å². The molecule has 2 N–H and O–H groups in total. The van der Waals surface area contributed by atoms with Crippen LogP contribution in [-0.2, 0) is 4.79 Å². The van der Waals surface area contributed by atoms with Gasteiger partial charge in [0.1, 0.15) is 0 Å². The summed E-state index contributed by atoms with van der Waals surface area (Å²) in [6.07, 6.45) is 1.68. The molecule has 1 heterocycles. The zero-order valence-corrected chi connectivity index (χ0v) is 12.3. The van der Waals surface area contributed by atoms with Crippen molar-refractivity contribution in [3.05, 3.63) is 72.4 Å². The highest BCUT2D eigenvalue weighted by Gasteiger charge is 2.09. The summed E-state index contributed by atoms with van der Waals surface area (Å²) in [6, 6.07) is 18.1. The molecule has 0 atom stereocenters. The van der Waals surface area contributed by atoms with Crippen molar-refractivity contribution in [1.29, 1.82) is 0 Å². The van der Waals surface area contributed by atoms with Crippen LogP contribution in [0.5, 0.6) is 0 Å². The molecule has 114 valence electrons. The minimum atomic E-state index is -0.299. The molecule has 1 aromatic heterocycles. The number of nitrogens with zero attached hydrogens (tertiary/aromatic N) is 1. The zero-order valence-electron chi connectivity index (χ0n) is 12.3. The third kappa shape index (κ3) is 3.52. The zero-order chi connectivity index (χ0) is 16.1. The molecule has 0 aliphatic heterocycles. The Morgan fingerprint density at radius 2 is 1.70 bits per heavy atom. The number of pyridine rings is 1. The van der Waals surface area contributed by atoms with Crippen LogP contribution in [0.2, 0.25) is 0 Å². The number of rotatable bonds is 4. The van der Waals surface area contributed by atoms with E-state index in [0.29, 0.717) is 11.3 Å². The predicted octanol–water partition coefficient (Wildman–Crippen LogP) is 2.60. The average Bonchev–Trinajstić information content (AvgIpc) is 2.61. The molecule has 3 aromatic rings. The smallest absolute Gasteiger partial charge is 0.251 e. The van der Waals surface area contributed by atoms with Gasteiger partial charge in [0.25, 0.3) is 5.91 Å². The van der Waals surface area contributed by atoms with Crippen LogP contribution in [0.1, 0.15) is 10.4 Å². The summed E-state index contributed by atoms with van der Waals surface area (Å²) in [4.78, 5) is 28.2. The van der Waals surface area contributed by atoms with Crippen molar-refractivity contribution in [2.45, 2.75) is 0 Å². The lowest BCUT2D eigenvalue weighted by molar-refractivity contribution is -0.115. The molecule has 3 rings (SSSR count). The van der Waals surface area contributed by atoms with Gasteiger partial charge in [0, 0.05) is 17.1 Å². The Morgan fingerprint density at radius 3 is 2.52 bits per heavy atom. The van der Waals surface area contributed by atoms with Gasteiger partial charge in [0.15, 0.2) is 0 Å². The molecule has 5 nitrogen and oxygen atoms in total. The molecule has 0 spiro atoms. The van der Waals surface area contributed by atoms with Crippen molar-refractivity contribution in [1.82, 2.24) is 10.3 Å². The lowest BCUT2D eigenvalue weighted by Gasteiger charge is -2.09. The van der Waals surface area contributed by atoms with Crippen molar-refractivity contribution < 1.29 is 9.59 Å². The van der Waals surface area contributed by atoms with E-state index in [2.05, 4.69) is 15.6 Å². The van der Waals surface area contributed by atoms with Gasteiger partial charge < -0.3 is 10.6 Å². The first-order valence-electron chi connectivity index (χ1n) is 7.21. The summed E-state index contributed by atoms with van der Waals surface area (Å²) >= 11 is 0. The SMILES string of the molecule is O=C(CNC(=O)c1ccccc1)Nc1cccc2cccnc12. The Labute approximate surface area is 133 Å². The number of hydrogen-bond donors (Lipinski definition) is 2. The highest BCUT2D eigenvalue weighted by atomic mass is 16.2. The fourth-order valence-corrected chi connectivity index (χ4v) is 2.25. The molecule has 0 radical (unpaired) electrons. The maximum Gasteiger partial charge on any atom is 0.251 e. The third-order valence-electron chi connectivity index (χ3n) is 3.35. The Balaban J connectivity index is 1.64. The van der Waals surface area contributed by atoms with E-state index in [4.69, 9.17) is 0 Å². The van der Waals surface area contributed by atoms with E-state index in [-0.39, 0.29) is 18.4 Å². The largest absolute Gasteiger partial charge is 0.343 e. The highest BCUT2D eigenvalue weighted by Crippen LogP contribution is 2.20. The van der Waals surface area contributed by atoms with Crippen molar-refractivity contribution >= 4 is 28.4 Å². The van der Waals surface area contributed by atoms with Crippen molar-refractivity contribution in [3.8, 4) is 0 Å². The van der Waals surface area contributed by atoms with Crippen LogP contribution in [-0.4, -0.2) is 23.3 Å². The lowest BCUT2D eigenvalue weighted by Crippen LogP contribution is -2.32. The Morgan fingerprint density at radius 1 is 0.913 bits per heavy atom. The summed E-state index contributed by atoms with van der Waals surface area (Å²) in [5.41, 5.74) is 1.87. The standard InChI is InChI=1S/C18H15N3O2/c22-16(12-20-18(23)14-6-2-1-3-7-14)21-15-10-4-8-13-9-5-11-19-17(13)15/h1-11H,12H2,(H,20,23)(H,21,22). The van der Waals surface area contributed by atoms with E-state index < -0.39 is 0 Å². The molecule has 0 fully saturated rings. The molecule has 0 unspecified atom stereocenters. The van der Waals surface area contributed by atoms with Crippen LogP contribution >= 0.6 is 0 Å². The quantitative estimate of drug-likeness (QED) is 0.778. The molecule has 23 heavy (non-hydrogen) atoms. The van der Waals surface area contributed by atoms with Gasteiger partial charge in [0.05, 0.1) is 17.7 Å². The minimum absolute atomic E-state index is 0.100. The molecule has 0 aliphatic carbocycles. The lowest BCUT2D eigenvalue weighted by atomic mass is 10.2. The highest BCUT2D eigenvalue weighted by molar-refractivity contribution is 6.03. The molecule has 0 aliphatic rings. The van der Waals surface area contributed by atoms with Crippen molar-refractivity contribution in [3.63, 3.8) is 0 Å². The van der Waals surface area contributed by atoms with Gasteiger partial charge >= 0.3 is 0 Å². The Kier molecular flexibility index (Phi) is 4.29. The first kappa shape index (κ1) is 14.7. The third-order valence-corrected chi connectivity index (χ3v) is 3.35. The topological polar surface area (TPSA) is 71.1 Å². The summed E-state index contributed by atoms with van der Waals surface area (Å²) in [7, 11) is 0. The normalized spacial score (nSPS) is 10.3. The fraction of sp³-hybridized carbons (Fsp3) is 0.0556. The van der Waals surface area contributed by atoms with Crippen LogP contribution in [0.3, 0.4) is 0 Å². The van der Waals surface area contributed by atoms with Gasteiger partial charge in [-0.15, -0.1) is 0 Å². The van der Waals surface area contributed by atoms with E-state index in [9.17, 15) is 9.59 Å². The number of hydrogen-bond acceptors (Lipinski definition) is 3. The van der Waals surface area contributed by atoms with Gasteiger partial charge in [-0.2, -0.15) is 0 Å². The Hall–Kier alpha value is -3.21. The summed E-state index contributed by atoms with van der Waals surface area (Å²) < 4.78 is 0. The number of nitrogens with one attached hydrogen (secondary N) is 2. The van der Waals surface area contributed by atoms with Crippen LogP contribution in [0.4, 0.5) is 5.69 Å². The van der Waals surface area contributed by atoms with Crippen LogP contribution < -0.4 is 10.6 Å². The van der Waals surface area contributed by atoms with Crippen molar-refractivity contribution in [2.75, 3.05) is 11.9 Å². The van der Waals surface area contributed by atoms with E-state index in [1.807, 2.05) is 30.3 Å². The molecule has 5 heteroatoms. The van der Waals surface area contributed by atoms with Crippen LogP contribution in [0, 0.1) is 0 Å². The molecule has 2 amide bonds. The first-order chi connectivity index (χ1) is 11.2. The second-order valence-electron chi connectivity index (χ2n) is 4.98. The van der Waals surface area contributed by atoms with Crippen LogP contribution in [0.15, 0.2) is 66.9 Å².